The van der Waals surface area contributed by atoms with Crippen LogP contribution in [0.25, 0.3) is 10.9 Å². The van der Waals surface area contributed by atoms with Crippen molar-refractivity contribution in [3.05, 3.63) is 41.6 Å². The van der Waals surface area contributed by atoms with Gasteiger partial charge in [0.1, 0.15) is 0 Å². The Labute approximate surface area is 112 Å². The molecule has 1 heterocycles. The van der Waals surface area contributed by atoms with Crippen molar-refractivity contribution in [3.63, 3.8) is 0 Å². The zero-order valence-electron chi connectivity index (χ0n) is 11.2. The average Bonchev–Trinajstić information content (AvgIpc) is 2.44. The fourth-order valence-corrected chi connectivity index (χ4v) is 2.12. The summed E-state index contributed by atoms with van der Waals surface area (Å²) in [6, 6.07) is 10.0. The normalized spacial score (nSPS) is 12.4. The second kappa shape index (κ2) is 5.80. The summed E-state index contributed by atoms with van der Waals surface area (Å²) in [7, 11) is 1.39. The molecule has 2 N–H and O–H groups in total. The largest absolute Gasteiger partial charge is 0.469 e. The van der Waals surface area contributed by atoms with Crippen molar-refractivity contribution in [2.24, 2.45) is 11.7 Å². The first-order valence-corrected chi connectivity index (χ1v) is 6.28. The molecule has 0 aliphatic rings. The Hall–Kier alpha value is -1.94. The maximum atomic E-state index is 11.5. The SMILES string of the molecule is COC(=O)C(CN)Cc1ccc2nc(C)ccc2c1. The Bertz CT molecular complexity index is 596. The molecule has 19 heavy (non-hydrogen) atoms. The van der Waals surface area contributed by atoms with Gasteiger partial charge in [0.2, 0.25) is 0 Å². The van der Waals surface area contributed by atoms with Gasteiger partial charge in [-0.2, -0.15) is 0 Å². The molecule has 1 aromatic heterocycles. The van der Waals surface area contributed by atoms with E-state index in [4.69, 9.17) is 10.5 Å². The van der Waals surface area contributed by atoms with E-state index in [0.717, 1.165) is 22.2 Å². The molecule has 0 spiro atoms. The summed E-state index contributed by atoms with van der Waals surface area (Å²) in [4.78, 5) is 16.0. The summed E-state index contributed by atoms with van der Waals surface area (Å²) in [5.41, 5.74) is 8.64. The minimum atomic E-state index is -0.291. The highest BCUT2D eigenvalue weighted by Crippen LogP contribution is 2.17. The predicted molar refractivity (Wildman–Crippen MR) is 74.7 cm³/mol. The molecule has 0 fully saturated rings. The van der Waals surface area contributed by atoms with Crippen molar-refractivity contribution in [2.45, 2.75) is 13.3 Å². The van der Waals surface area contributed by atoms with E-state index < -0.39 is 0 Å². The van der Waals surface area contributed by atoms with E-state index >= 15 is 0 Å². The molecule has 1 unspecified atom stereocenters. The number of benzene rings is 1. The molecule has 0 saturated carbocycles. The molecule has 0 aliphatic carbocycles. The van der Waals surface area contributed by atoms with E-state index in [1.165, 1.54) is 7.11 Å². The van der Waals surface area contributed by atoms with Gasteiger partial charge in [-0.1, -0.05) is 12.1 Å². The van der Waals surface area contributed by atoms with Crippen LogP contribution in [-0.4, -0.2) is 24.6 Å². The lowest BCUT2D eigenvalue weighted by molar-refractivity contribution is -0.145. The minimum absolute atomic E-state index is 0.260. The first kappa shape index (κ1) is 13.5. The van der Waals surface area contributed by atoms with Gasteiger partial charge in [-0.15, -0.1) is 0 Å². The number of rotatable bonds is 4. The number of pyridine rings is 1. The van der Waals surface area contributed by atoms with Gasteiger partial charge in [0.25, 0.3) is 0 Å². The number of hydrogen-bond acceptors (Lipinski definition) is 4. The molecule has 100 valence electrons. The van der Waals surface area contributed by atoms with E-state index in [0.29, 0.717) is 6.42 Å². The van der Waals surface area contributed by atoms with Crippen LogP contribution in [0, 0.1) is 12.8 Å². The third-order valence-corrected chi connectivity index (χ3v) is 3.19. The number of aryl methyl sites for hydroxylation is 1. The number of carbonyl (C=O) groups excluding carboxylic acids is 1. The van der Waals surface area contributed by atoms with Crippen LogP contribution in [-0.2, 0) is 16.0 Å². The molecule has 0 radical (unpaired) electrons. The fourth-order valence-electron chi connectivity index (χ4n) is 2.12. The molecule has 0 saturated heterocycles. The average molecular weight is 258 g/mol. The van der Waals surface area contributed by atoms with Crippen LogP contribution in [0.5, 0.6) is 0 Å². The summed E-state index contributed by atoms with van der Waals surface area (Å²) < 4.78 is 4.75. The van der Waals surface area contributed by atoms with E-state index in [1.807, 2.05) is 37.3 Å². The van der Waals surface area contributed by atoms with E-state index in [-0.39, 0.29) is 18.4 Å². The molecule has 0 aliphatic heterocycles. The van der Waals surface area contributed by atoms with Crippen molar-refractivity contribution in [3.8, 4) is 0 Å². The van der Waals surface area contributed by atoms with Gasteiger partial charge in [-0.25, -0.2) is 0 Å². The zero-order valence-corrected chi connectivity index (χ0v) is 11.2. The van der Waals surface area contributed by atoms with Crippen molar-refractivity contribution < 1.29 is 9.53 Å². The molecule has 0 amide bonds. The first-order valence-electron chi connectivity index (χ1n) is 6.28. The molecule has 4 heteroatoms. The lowest BCUT2D eigenvalue weighted by Crippen LogP contribution is -2.26. The van der Waals surface area contributed by atoms with Crippen LogP contribution in [0.2, 0.25) is 0 Å². The number of esters is 1. The number of hydrogen-bond donors (Lipinski definition) is 1. The van der Waals surface area contributed by atoms with Gasteiger partial charge in [-0.3, -0.25) is 9.78 Å². The standard InChI is InChI=1S/C15H18N2O2/c1-10-3-5-12-7-11(4-6-14(12)17-10)8-13(9-16)15(18)19-2/h3-7,13H,8-9,16H2,1-2H3. The number of carbonyl (C=O) groups is 1. The molecule has 2 rings (SSSR count). The number of methoxy groups -OCH3 is 1. The molecule has 4 nitrogen and oxygen atoms in total. The predicted octanol–water partition coefficient (Wildman–Crippen LogP) is 1.83. The van der Waals surface area contributed by atoms with Crippen LogP contribution in [0.4, 0.5) is 0 Å². The van der Waals surface area contributed by atoms with E-state index in [1.54, 1.807) is 0 Å². The van der Waals surface area contributed by atoms with Crippen LogP contribution in [0.3, 0.4) is 0 Å². The Balaban J connectivity index is 2.26. The Kier molecular flexibility index (Phi) is 4.12. The smallest absolute Gasteiger partial charge is 0.310 e. The zero-order chi connectivity index (χ0) is 13.8. The van der Waals surface area contributed by atoms with Gasteiger partial charge in [0.05, 0.1) is 18.5 Å². The highest BCUT2D eigenvalue weighted by atomic mass is 16.5. The quantitative estimate of drug-likeness (QED) is 0.850. The maximum Gasteiger partial charge on any atom is 0.310 e. The third kappa shape index (κ3) is 3.09. The van der Waals surface area contributed by atoms with Gasteiger partial charge in [0.15, 0.2) is 0 Å². The number of ether oxygens (including phenoxy) is 1. The van der Waals surface area contributed by atoms with E-state index in [9.17, 15) is 4.79 Å². The summed E-state index contributed by atoms with van der Waals surface area (Å²) in [6.45, 7) is 2.26. The Morgan fingerprint density at radius 2 is 2.16 bits per heavy atom. The number of aromatic nitrogens is 1. The lowest BCUT2D eigenvalue weighted by Gasteiger charge is -2.12. The van der Waals surface area contributed by atoms with Crippen molar-refractivity contribution in [2.75, 3.05) is 13.7 Å². The number of fused-ring (bicyclic) bond motifs is 1. The van der Waals surface area contributed by atoms with Crippen LogP contribution < -0.4 is 5.73 Å². The van der Waals surface area contributed by atoms with Gasteiger partial charge >= 0.3 is 5.97 Å². The third-order valence-electron chi connectivity index (χ3n) is 3.19. The van der Waals surface area contributed by atoms with Gasteiger partial charge < -0.3 is 10.5 Å². The van der Waals surface area contributed by atoms with Crippen molar-refractivity contribution >= 4 is 16.9 Å². The number of nitrogens with zero attached hydrogens (tertiary/aromatic N) is 1. The molecular weight excluding hydrogens is 240 g/mol. The summed E-state index contributed by atoms with van der Waals surface area (Å²) in [5, 5.41) is 1.07. The first-order chi connectivity index (χ1) is 9.13. The molecular formula is C15H18N2O2. The maximum absolute atomic E-state index is 11.5. The van der Waals surface area contributed by atoms with Gasteiger partial charge in [0, 0.05) is 17.6 Å². The Morgan fingerprint density at radius 3 is 2.84 bits per heavy atom. The monoisotopic (exact) mass is 258 g/mol. The highest BCUT2D eigenvalue weighted by molar-refractivity contribution is 5.80. The van der Waals surface area contributed by atoms with Crippen LogP contribution in [0.1, 0.15) is 11.3 Å². The summed E-state index contributed by atoms with van der Waals surface area (Å²) in [5.74, 6) is -0.550. The van der Waals surface area contributed by atoms with Crippen molar-refractivity contribution in [1.82, 2.24) is 4.98 Å². The fraction of sp³-hybridized carbons (Fsp3) is 0.333. The minimum Gasteiger partial charge on any atom is -0.469 e. The lowest BCUT2D eigenvalue weighted by atomic mass is 9.98. The summed E-state index contributed by atoms with van der Waals surface area (Å²) in [6.07, 6.45) is 0.590. The molecule has 2 aromatic rings. The second-order valence-electron chi connectivity index (χ2n) is 4.64. The van der Waals surface area contributed by atoms with Crippen LogP contribution in [0.15, 0.2) is 30.3 Å². The Morgan fingerprint density at radius 1 is 1.37 bits per heavy atom. The molecule has 1 atom stereocenters. The van der Waals surface area contributed by atoms with Crippen LogP contribution >= 0.6 is 0 Å². The van der Waals surface area contributed by atoms with Crippen molar-refractivity contribution in [1.29, 1.82) is 0 Å². The topological polar surface area (TPSA) is 65.2 Å². The van der Waals surface area contributed by atoms with E-state index in [2.05, 4.69) is 4.98 Å². The highest BCUT2D eigenvalue weighted by Gasteiger charge is 2.17. The number of nitrogens with two attached hydrogens (primary N) is 1. The molecule has 0 bridgehead atoms. The summed E-state index contributed by atoms with van der Waals surface area (Å²) >= 11 is 0. The second-order valence-corrected chi connectivity index (χ2v) is 4.64. The van der Waals surface area contributed by atoms with Gasteiger partial charge in [-0.05, 0) is 37.1 Å². The molecule has 1 aromatic carbocycles.